The van der Waals surface area contributed by atoms with E-state index in [1.165, 1.54) is 0 Å². The molecule has 0 saturated carbocycles. The summed E-state index contributed by atoms with van der Waals surface area (Å²) in [6.45, 7) is 0. The van der Waals surface area contributed by atoms with Crippen molar-refractivity contribution >= 4 is 56.7 Å². The Morgan fingerprint density at radius 2 is 2.00 bits per heavy atom. The second-order valence-electron chi connectivity index (χ2n) is 1.24. The molecule has 1 atom stereocenters. The summed E-state index contributed by atoms with van der Waals surface area (Å²) in [7, 11) is 0. The molecule has 0 radical (unpaired) electrons. The minimum atomic E-state index is -1.60. The predicted molar refractivity (Wildman–Crippen MR) is 40.6 cm³/mol. The lowest BCUT2D eigenvalue weighted by Gasteiger charge is -2.12. The molecule has 1 N–H and O–H groups in total. The first-order valence-corrected chi connectivity index (χ1v) is 3.78. The van der Waals surface area contributed by atoms with Crippen LogP contribution in [0, 0.1) is 0 Å². The Kier molecular flexibility index (Phi) is 3.58. The third-order valence-corrected chi connectivity index (χ3v) is 2.40. The van der Waals surface area contributed by atoms with Gasteiger partial charge in [0.2, 0.25) is 0 Å². The number of aliphatic carboxylic acids is 1. The van der Waals surface area contributed by atoms with Crippen LogP contribution in [0.2, 0.25) is 0 Å². The second-order valence-corrected chi connectivity index (χ2v) is 5.23. The summed E-state index contributed by atoms with van der Waals surface area (Å²) in [6, 6.07) is 0. The molecule has 0 aromatic heterocycles. The number of rotatable bonds is 2. The molecule has 1 unspecified atom stereocenters. The van der Waals surface area contributed by atoms with Crippen molar-refractivity contribution in [2.75, 3.05) is 0 Å². The maximum absolute atomic E-state index is 10.0. The number of hydrogen-bond donors (Lipinski definition) is 1. The van der Waals surface area contributed by atoms with Crippen LogP contribution in [0.3, 0.4) is 0 Å². The van der Waals surface area contributed by atoms with E-state index in [0.717, 1.165) is 0 Å². The van der Waals surface area contributed by atoms with Crippen LogP contribution in [0.5, 0.6) is 0 Å². The molecule has 0 bridgehead atoms. The first kappa shape index (κ1) is 9.82. The van der Waals surface area contributed by atoms with Gasteiger partial charge in [-0.15, -0.1) is 11.6 Å². The van der Waals surface area contributed by atoms with Crippen LogP contribution in [-0.2, 0) is 4.79 Å². The van der Waals surface area contributed by atoms with Crippen LogP contribution >= 0.6 is 50.7 Å². The van der Waals surface area contributed by atoms with Gasteiger partial charge in [-0.3, -0.25) is 4.79 Å². The Hall–Kier alpha value is 0.820. The van der Waals surface area contributed by atoms with Crippen LogP contribution in [0.15, 0.2) is 0 Å². The zero-order chi connectivity index (χ0) is 7.65. The quantitative estimate of drug-likeness (QED) is 0.769. The SMILES string of the molecule is O=C(O)C(Cl)C(Cl)(Cl)Br. The third-order valence-electron chi connectivity index (χ3n) is 0.504. The minimum Gasteiger partial charge on any atom is -0.480 e. The molecule has 0 rings (SSSR count). The Labute approximate surface area is 75.2 Å². The molecule has 0 fully saturated rings. The standard InChI is InChI=1S/C3H2BrCl3O2/c4-3(6,7)1(5)2(8)9/h1H,(H,8,9). The van der Waals surface area contributed by atoms with Gasteiger partial charge in [0, 0.05) is 0 Å². The fourth-order valence-electron chi connectivity index (χ4n) is 0.140. The molecule has 0 aliphatic carbocycles. The van der Waals surface area contributed by atoms with Gasteiger partial charge in [-0.25, -0.2) is 0 Å². The van der Waals surface area contributed by atoms with E-state index in [4.69, 9.17) is 39.9 Å². The molecule has 9 heavy (non-hydrogen) atoms. The highest BCUT2D eigenvalue weighted by Crippen LogP contribution is 2.35. The van der Waals surface area contributed by atoms with Gasteiger partial charge >= 0.3 is 5.97 Å². The Morgan fingerprint density at radius 3 is 2.00 bits per heavy atom. The summed E-state index contributed by atoms with van der Waals surface area (Å²) in [5.74, 6) is -1.27. The second kappa shape index (κ2) is 3.28. The molecule has 0 aromatic rings. The van der Waals surface area contributed by atoms with Crippen LogP contribution < -0.4 is 0 Å². The van der Waals surface area contributed by atoms with Crippen molar-refractivity contribution < 1.29 is 9.90 Å². The molecule has 0 saturated heterocycles. The van der Waals surface area contributed by atoms with Crippen LogP contribution in [0.25, 0.3) is 0 Å². The van der Waals surface area contributed by atoms with E-state index in [1.54, 1.807) is 0 Å². The summed E-state index contributed by atoms with van der Waals surface area (Å²) in [4.78, 5) is 10.0. The highest BCUT2D eigenvalue weighted by molar-refractivity contribution is 9.11. The van der Waals surface area contributed by atoms with E-state index in [2.05, 4.69) is 15.9 Å². The van der Waals surface area contributed by atoms with Gasteiger partial charge in [0.05, 0.1) is 0 Å². The molecule has 54 valence electrons. The molecule has 0 heterocycles. The van der Waals surface area contributed by atoms with Gasteiger partial charge in [0.15, 0.2) is 8.62 Å². The molecule has 0 spiro atoms. The van der Waals surface area contributed by atoms with Crippen molar-refractivity contribution in [1.82, 2.24) is 0 Å². The Morgan fingerprint density at radius 1 is 1.67 bits per heavy atom. The van der Waals surface area contributed by atoms with Gasteiger partial charge in [-0.05, 0) is 15.9 Å². The summed E-state index contributed by atoms with van der Waals surface area (Å²) in [6.07, 6.45) is 0. The molecule has 0 aliphatic rings. The summed E-state index contributed by atoms with van der Waals surface area (Å²) < 4.78 is -1.60. The van der Waals surface area contributed by atoms with Crippen molar-refractivity contribution in [3.63, 3.8) is 0 Å². The van der Waals surface area contributed by atoms with Crippen molar-refractivity contribution in [1.29, 1.82) is 0 Å². The summed E-state index contributed by atoms with van der Waals surface area (Å²) in [5, 5.41) is 6.84. The van der Waals surface area contributed by atoms with Crippen molar-refractivity contribution in [3.8, 4) is 0 Å². The van der Waals surface area contributed by atoms with E-state index in [0.29, 0.717) is 0 Å². The van der Waals surface area contributed by atoms with Crippen LogP contribution in [0.1, 0.15) is 0 Å². The largest absolute Gasteiger partial charge is 0.480 e. The third kappa shape index (κ3) is 3.50. The van der Waals surface area contributed by atoms with Gasteiger partial charge < -0.3 is 5.11 Å². The lowest BCUT2D eigenvalue weighted by atomic mass is 10.5. The normalized spacial score (nSPS) is 15.1. The molecular formula is C3H2BrCl3O2. The number of halogens is 4. The maximum Gasteiger partial charge on any atom is 0.325 e. The van der Waals surface area contributed by atoms with Crippen LogP contribution in [-0.4, -0.2) is 19.7 Å². The van der Waals surface area contributed by atoms with Crippen molar-refractivity contribution in [2.24, 2.45) is 0 Å². The topological polar surface area (TPSA) is 37.3 Å². The van der Waals surface area contributed by atoms with Crippen LogP contribution in [0.4, 0.5) is 0 Å². The number of alkyl halides is 4. The van der Waals surface area contributed by atoms with Gasteiger partial charge in [0.1, 0.15) is 0 Å². The van der Waals surface area contributed by atoms with E-state index in [-0.39, 0.29) is 0 Å². The summed E-state index contributed by atoms with van der Waals surface area (Å²) in [5.41, 5.74) is 0. The first-order valence-electron chi connectivity index (χ1n) is 1.79. The Bertz CT molecular complexity index is 121. The predicted octanol–water partition coefficient (Wildman–Crippen LogP) is 2.20. The molecule has 0 amide bonds. The molecular weight excluding hydrogens is 254 g/mol. The number of carboxylic acid groups (broad SMARTS) is 1. The maximum atomic E-state index is 10.0. The fraction of sp³-hybridized carbons (Fsp3) is 0.667. The number of hydrogen-bond acceptors (Lipinski definition) is 1. The smallest absolute Gasteiger partial charge is 0.325 e. The monoisotopic (exact) mass is 254 g/mol. The van der Waals surface area contributed by atoms with Gasteiger partial charge in [-0.2, -0.15) is 0 Å². The minimum absolute atomic E-state index is 1.27. The number of carbonyl (C=O) groups is 1. The Balaban J connectivity index is 4.04. The van der Waals surface area contributed by atoms with E-state index < -0.39 is 14.6 Å². The van der Waals surface area contributed by atoms with Crippen molar-refractivity contribution in [2.45, 2.75) is 8.62 Å². The van der Waals surface area contributed by atoms with E-state index in [9.17, 15) is 4.79 Å². The molecule has 2 nitrogen and oxygen atoms in total. The lowest BCUT2D eigenvalue weighted by Crippen LogP contribution is -2.27. The molecule has 6 heteroatoms. The average molecular weight is 256 g/mol. The molecule has 0 aliphatic heterocycles. The van der Waals surface area contributed by atoms with Crippen molar-refractivity contribution in [3.05, 3.63) is 0 Å². The van der Waals surface area contributed by atoms with E-state index >= 15 is 0 Å². The zero-order valence-corrected chi connectivity index (χ0v) is 7.80. The highest BCUT2D eigenvalue weighted by atomic mass is 79.9. The lowest BCUT2D eigenvalue weighted by molar-refractivity contribution is -0.136. The highest BCUT2D eigenvalue weighted by Gasteiger charge is 2.35. The molecule has 0 aromatic carbocycles. The summed E-state index contributed by atoms with van der Waals surface area (Å²) >= 11 is 18.3. The van der Waals surface area contributed by atoms with Gasteiger partial charge in [-0.1, -0.05) is 23.2 Å². The first-order chi connectivity index (χ1) is 3.85. The zero-order valence-electron chi connectivity index (χ0n) is 3.94. The van der Waals surface area contributed by atoms with Gasteiger partial charge in [0.25, 0.3) is 0 Å². The average Bonchev–Trinajstić information content (AvgIpc) is 1.62. The fourth-order valence-corrected chi connectivity index (χ4v) is 0.523. The number of carboxylic acids is 1. The van der Waals surface area contributed by atoms with E-state index in [1.807, 2.05) is 0 Å².